The minimum Gasteiger partial charge on any atom is -0.353 e. The Bertz CT molecular complexity index is 1660. The molecule has 4 rings (SSSR count). The van der Waals surface area contributed by atoms with Crippen molar-refractivity contribution < 1.29 is 9.59 Å². The van der Waals surface area contributed by atoms with Crippen molar-refractivity contribution >= 4 is 35.3 Å². The first kappa shape index (κ1) is 40.6. The molecule has 276 valence electrons. The molecule has 0 bridgehead atoms. The molecule has 1 fully saturated rings. The number of anilines is 1. The summed E-state index contributed by atoms with van der Waals surface area (Å²) in [5.74, 6) is 0.595. The lowest BCUT2D eigenvalue weighted by molar-refractivity contribution is -0.116. The van der Waals surface area contributed by atoms with Crippen LogP contribution in [0.3, 0.4) is 0 Å². The first-order valence-corrected chi connectivity index (χ1v) is 19.8. The topological polar surface area (TPSA) is 64.7 Å². The van der Waals surface area contributed by atoms with Gasteiger partial charge in [0.05, 0.1) is 5.56 Å². The quantitative estimate of drug-likeness (QED) is 0.0560. The number of hydrogen-bond donors (Lipinski definition) is 2. The summed E-state index contributed by atoms with van der Waals surface area (Å²) in [5.41, 5.74) is 7.85. The summed E-state index contributed by atoms with van der Waals surface area (Å²) < 4.78 is 0. The minimum absolute atomic E-state index is 0.0955. The minimum atomic E-state index is -0.130. The Morgan fingerprint density at radius 3 is 2.13 bits per heavy atom. The molecule has 1 aliphatic heterocycles. The van der Waals surface area contributed by atoms with Crippen LogP contribution in [0.5, 0.6) is 0 Å². The summed E-state index contributed by atoms with van der Waals surface area (Å²) in [6.07, 6.45) is 15.6. The molecule has 0 radical (unpaired) electrons. The summed E-state index contributed by atoms with van der Waals surface area (Å²) in [6.45, 7) is 15.7. The number of thioether (sulfide) groups is 1. The zero-order valence-corrected chi connectivity index (χ0v) is 32.5. The van der Waals surface area contributed by atoms with Crippen molar-refractivity contribution in [3.63, 3.8) is 0 Å². The second kappa shape index (κ2) is 22.7. The molecule has 7 heteroatoms. The number of amides is 2. The third kappa shape index (κ3) is 15.6. The van der Waals surface area contributed by atoms with Crippen LogP contribution in [0.15, 0.2) is 125 Å². The summed E-state index contributed by atoms with van der Waals surface area (Å²) >= 11 is 1.68. The molecule has 3 aromatic carbocycles. The molecule has 0 unspecified atom stereocenters. The van der Waals surface area contributed by atoms with Gasteiger partial charge in [0.25, 0.3) is 5.91 Å². The highest BCUT2D eigenvalue weighted by Gasteiger charge is 2.16. The summed E-state index contributed by atoms with van der Waals surface area (Å²) in [5, 5.41) is 6.04. The van der Waals surface area contributed by atoms with Crippen molar-refractivity contribution in [1.82, 2.24) is 15.1 Å². The molecule has 1 aliphatic rings. The second-order valence-corrected chi connectivity index (χ2v) is 15.0. The molecule has 2 amide bonds. The fraction of sp³-hybridized carbons (Fsp3) is 0.378. The third-order valence-corrected chi connectivity index (χ3v) is 10.2. The molecule has 6 nitrogen and oxygen atoms in total. The van der Waals surface area contributed by atoms with E-state index in [-0.39, 0.29) is 11.8 Å². The number of allylic oxidation sites excluding steroid dienone is 5. The fourth-order valence-electron chi connectivity index (χ4n) is 6.03. The molecule has 0 aromatic heterocycles. The largest absolute Gasteiger partial charge is 0.353 e. The van der Waals surface area contributed by atoms with E-state index in [1.807, 2.05) is 48.5 Å². The van der Waals surface area contributed by atoms with E-state index < -0.39 is 0 Å². The Hall–Kier alpha value is -4.17. The predicted octanol–water partition coefficient (Wildman–Crippen LogP) is 9.79. The maximum absolute atomic E-state index is 13.2. The van der Waals surface area contributed by atoms with E-state index in [0.717, 1.165) is 87.6 Å². The van der Waals surface area contributed by atoms with Gasteiger partial charge in [-0.1, -0.05) is 89.5 Å². The molecule has 1 heterocycles. The van der Waals surface area contributed by atoms with E-state index in [2.05, 4.69) is 96.7 Å². The number of piperazine rings is 1. The predicted molar refractivity (Wildman–Crippen MR) is 222 cm³/mol. The molecule has 52 heavy (non-hydrogen) atoms. The smallest absolute Gasteiger partial charge is 0.256 e. The average molecular weight is 719 g/mol. The summed E-state index contributed by atoms with van der Waals surface area (Å²) in [6, 6.07) is 26.0. The lowest BCUT2D eigenvalue weighted by atomic mass is 10.1. The average Bonchev–Trinajstić information content (AvgIpc) is 3.14. The van der Waals surface area contributed by atoms with Crippen molar-refractivity contribution in [2.75, 3.05) is 50.3 Å². The number of benzene rings is 3. The fourth-order valence-corrected chi connectivity index (χ4v) is 7.06. The molecule has 3 aromatic rings. The number of nitrogens with zero attached hydrogens (tertiary/aromatic N) is 2. The Balaban J connectivity index is 1.13. The first-order valence-electron chi connectivity index (χ1n) is 18.8. The van der Waals surface area contributed by atoms with Crippen molar-refractivity contribution in [2.45, 2.75) is 71.2 Å². The van der Waals surface area contributed by atoms with Crippen LogP contribution in [0.2, 0.25) is 0 Å². The van der Waals surface area contributed by atoms with Gasteiger partial charge in [0.2, 0.25) is 5.91 Å². The van der Waals surface area contributed by atoms with Crippen LogP contribution >= 0.6 is 11.8 Å². The molecule has 0 saturated carbocycles. The van der Waals surface area contributed by atoms with E-state index in [4.69, 9.17) is 0 Å². The van der Waals surface area contributed by atoms with Crippen molar-refractivity contribution in [3.8, 4) is 0 Å². The number of hydrogen-bond acceptors (Lipinski definition) is 5. The number of rotatable bonds is 19. The lowest BCUT2D eigenvalue weighted by Crippen LogP contribution is -2.46. The van der Waals surface area contributed by atoms with Crippen LogP contribution in [-0.4, -0.2) is 66.6 Å². The van der Waals surface area contributed by atoms with Crippen LogP contribution < -0.4 is 10.6 Å². The van der Waals surface area contributed by atoms with Gasteiger partial charge in [0.15, 0.2) is 0 Å². The number of nitrogens with one attached hydrogen (secondary N) is 2. The number of carbonyl (C=O) groups excluding carboxylic acids is 2. The highest BCUT2D eigenvalue weighted by Crippen LogP contribution is 2.25. The van der Waals surface area contributed by atoms with Crippen molar-refractivity contribution in [3.05, 3.63) is 137 Å². The van der Waals surface area contributed by atoms with E-state index >= 15 is 0 Å². The first-order chi connectivity index (χ1) is 25.2. The van der Waals surface area contributed by atoms with E-state index in [0.29, 0.717) is 17.8 Å². The van der Waals surface area contributed by atoms with Gasteiger partial charge in [-0.15, -0.1) is 11.8 Å². The highest BCUT2D eigenvalue weighted by atomic mass is 32.2. The molecule has 1 saturated heterocycles. The lowest BCUT2D eigenvalue weighted by Gasteiger charge is -2.34. The Labute approximate surface area is 317 Å². The van der Waals surface area contributed by atoms with Gasteiger partial charge in [-0.3, -0.25) is 14.5 Å². The van der Waals surface area contributed by atoms with Crippen LogP contribution in [0, 0.1) is 0 Å². The third-order valence-electron chi connectivity index (χ3n) is 9.19. The maximum Gasteiger partial charge on any atom is 0.256 e. The highest BCUT2D eigenvalue weighted by molar-refractivity contribution is 7.99. The van der Waals surface area contributed by atoms with Crippen LogP contribution in [-0.2, 0) is 11.3 Å². The van der Waals surface area contributed by atoms with Crippen LogP contribution in [0.1, 0.15) is 81.3 Å². The standard InChI is InChI=1S/C45H58N4O2S/c1-36(2)13-10-14-37(3)15-11-16-38(4)27-34-52-43-20-9-8-19-42(43)45(51)47-41-24-21-39(22-25-41)23-26-44(50)46-28-12-29-48-30-32-49(33-31-48)35-40-17-6-5-7-18-40/h5-9,13,15,17-27H,10-12,14,16,28-35H2,1-4H3,(H,46,50)(H,47,51)/b26-23+,37-15+,38-27+. The molecule has 0 aliphatic carbocycles. The SMILES string of the molecule is CC(C)=CCC/C(C)=C/CC/C(C)=C/CSc1ccccc1C(=O)Nc1ccc(/C=C/C(=O)NCCCN2CCN(Cc3ccccc3)CC2)cc1. The van der Waals surface area contributed by atoms with Gasteiger partial charge in [-0.05, 0) is 108 Å². The Morgan fingerprint density at radius 1 is 0.750 bits per heavy atom. The van der Waals surface area contributed by atoms with Crippen molar-refractivity contribution in [1.29, 1.82) is 0 Å². The zero-order chi connectivity index (χ0) is 37.0. The molecular weight excluding hydrogens is 661 g/mol. The van der Waals surface area contributed by atoms with E-state index in [9.17, 15) is 9.59 Å². The number of carbonyl (C=O) groups is 2. The normalized spacial score (nSPS) is 14.4. The summed E-state index contributed by atoms with van der Waals surface area (Å²) in [7, 11) is 0. The Morgan fingerprint density at radius 2 is 1.40 bits per heavy atom. The van der Waals surface area contributed by atoms with E-state index in [1.54, 1.807) is 23.9 Å². The molecule has 2 N–H and O–H groups in total. The van der Waals surface area contributed by atoms with E-state index in [1.165, 1.54) is 22.3 Å². The van der Waals surface area contributed by atoms with Gasteiger partial charge >= 0.3 is 0 Å². The summed E-state index contributed by atoms with van der Waals surface area (Å²) in [4.78, 5) is 31.6. The molecular formula is C45H58N4O2S. The second-order valence-electron chi connectivity index (χ2n) is 13.9. The van der Waals surface area contributed by atoms with Gasteiger partial charge in [0, 0.05) is 61.7 Å². The van der Waals surface area contributed by atoms with Gasteiger partial charge in [-0.2, -0.15) is 0 Å². The van der Waals surface area contributed by atoms with Crippen LogP contribution in [0.4, 0.5) is 5.69 Å². The Kier molecular flexibility index (Phi) is 17.7. The zero-order valence-electron chi connectivity index (χ0n) is 31.7. The molecule has 0 atom stereocenters. The molecule has 0 spiro atoms. The van der Waals surface area contributed by atoms with Gasteiger partial charge < -0.3 is 15.5 Å². The monoisotopic (exact) mass is 718 g/mol. The van der Waals surface area contributed by atoms with Gasteiger partial charge in [0.1, 0.15) is 0 Å². The maximum atomic E-state index is 13.2. The van der Waals surface area contributed by atoms with Crippen molar-refractivity contribution in [2.24, 2.45) is 0 Å². The van der Waals surface area contributed by atoms with Gasteiger partial charge in [-0.25, -0.2) is 0 Å². The van der Waals surface area contributed by atoms with Crippen LogP contribution in [0.25, 0.3) is 6.08 Å².